The fraction of sp³-hybridized carbons (Fsp3) is 0.447. The van der Waals surface area contributed by atoms with E-state index in [9.17, 15) is 14.4 Å². The van der Waals surface area contributed by atoms with Crippen molar-refractivity contribution >= 4 is 17.9 Å². The Morgan fingerprint density at radius 3 is 2.16 bits per heavy atom. The number of rotatable bonds is 11. The van der Waals surface area contributed by atoms with Crippen molar-refractivity contribution in [1.29, 1.82) is 0 Å². The summed E-state index contributed by atoms with van der Waals surface area (Å²) in [5.74, 6) is 1.50. The summed E-state index contributed by atoms with van der Waals surface area (Å²) in [5, 5.41) is 2.64. The van der Waals surface area contributed by atoms with Gasteiger partial charge in [-0.3, -0.25) is 9.59 Å². The summed E-state index contributed by atoms with van der Waals surface area (Å²) in [6.45, 7) is 7.11. The highest BCUT2D eigenvalue weighted by molar-refractivity contribution is 5.87. The van der Waals surface area contributed by atoms with Gasteiger partial charge in [0.1, 0.15) is 17.7 Å². The van der Waals surface area contributed by atoms with E-state index in [-0.39, 0.29) is 17.9 Å². The van der Waals surface area contributed by atoms with Crippen LogP contribution in [-0.4, -0.2) is 87.1 Å². The average Bonchev–Trinajstić information content (AvgIpc) is 3.97. The molecule has 4 heterocycles. The fourth-order valence-corrected chi connectivity index (χ4v) is 7.22. The molecular weight excluding hydrogens is 634 g/mol. The second kappa shape index (κ2) is 14.9. The Labute approximate surface area is 293 Å². The summed E-state index contributed by atoms with van der Waals surface area (Å²) in [6, 6.07) is 15.8. The third-order valence-electron chi connectivity index (χ3n) is 10.2. The molecule has 0 spiro atoms. The predicted molar refractivity (Wildman–Crippen MR) is 190 cm³/mol. The predicted octanol–water partition coefficient (Wildman–Crippen LogP) is 6.19. The third kappa shape index (κ3) is 6.89. The Bertz CT molecular complexity index is 1800. The van der Waals surface area contributed by atoms with Crippen LogP contribution in [0.5, 0.6) is 0 Å². The van der Waals surface area contributed by atoms with Gasteiger partial charge in [0, 0.05) is 26.6 Å². The van der Waals surface area contributed by atoms with Crippen molar-refractivity contribution in [2.24, 2.45) is 0 Å². The van der Waals surface area contributed by atoms with Gasteiger partial charge in [0.15, 0.2) is 0 Å². The van der Waals surface area contributed by atoms with E-state index in [4.69, 9.17) is 14.5 Å². The van der Waals surface area contributed by atoms with Gasteiger partial charge in [0.2, 0.25) is 11.8 Å². The van der Waals surface area contributed by atoms with Crippen molar-refractivity contribution in [3.05, 3.63) is 72.6 Å². The molecule has 2 aromatic carbocycles. The number of hydrogen-bond donors (Lipinski definition) is 3. The Morgan fingerprint density at radius 2 is 1.54 bits per heavy atom. The molecule has 2 fully saturated rings. The van der Waals surface area contributed by atoms with Crippen LogP contribution < -0.4 is 5.32 Å². The van der Waals surface area contributed by atoms with E-state index in [1.165, 1.54) is 14.2 Å². The normalized spacial score (nSPS) is 20.1. The molecule has 2 saturated heterocycles. The second-order valence-electron chi connectivity index (χ2n) is 13.4. The lowest BCUT2D eigenvalue weighted by molar-refractivity contribution is -0.141. The smallest absolute Gasteiger partial charge is 0.407 e. The van der Waals surface area contributed by atoms with Crippen LogP contribution in [0.3, 0.4) is 0 Å². The number of methoxy groups -OCH3 is 2. The van der Waals surface area contributed by atoms with Gasteiger partial charge in [-0.25, -0.2) is 14.8 Å². The monoisotopic (exact) mass is 681 g/mol. The Kier molecular flexibility index (Phi) is 10.4. The van der Waals surface area contributed by atoms with Crippen LogP contribution in [0.15, 0.2) is 60.9 Å². The largest absolute Gasteiger partial charge is 0.453 e. The van der Waals surface area contributed by atoms with Crippen LogP contribution in [0.4, 0.5) is 4.79 Å². The highest BCUT2D eigenvalue weighted by atomic mass is 16.5. The average molecular weight is 682 g/mol. The molecule has 0 bridgehead atoms. The fourth-order valence-electron chi connectivity index (χ4n) is 7.22. The molecule has 2 aliphatic rings. The van der Waals surface area contributed by atoms with Gasteiger partial charge in [-0.1, -0.05) is 55.5 Å². The number of aromatic amines is 2. The van der Waals surface area contributed by atoms with E-state index in [2.05, 4.69) is 68.8 Å². The van der Waals surface area contributed by atoms with Crippen LogP contribution >= 0.6 is 0 Å². The van der Waals surface area contributed by atoms with Gasteiger partial charge in [0.05, 0.1) is 48.6 Å². The maximum Gasteiger partial charge on any atom is 0.407 e. The zero-order valence-electron chi connectivity index (χ0n) is 29.5. The van der Waals surface area contributed by atoms with Gasteiger partial charge < -0.3 is 34.6 Å². The minimum Gasteiger partial charge on any atom is -0.453 e. The number of alkyl carbamates (subject to hydrolysis) is 1. The molecule has 2 aliphatic heterocycles. The van der Waals surface area contributed by atoms with Crippen molar-refractivity contribution in [2.45, 2.75) is 83.0 Å². The Morgan fingerprint density at radius 1 is 0.920 bits per heavy atom. The molecule has 12 heteroatoms. The lowest BCUT2D eigenvalue weighted by Gasteiger charge is -2.37. The molecule has 4 aromatic rings. The van der Waals surface area contributed by atoms with Crippen LogP contribution in [0, 0.1) is 0 Å². The first kappa shape index (κ1) is 34.9. The summed E-state index contributed by atoms with van der Waals surface area (Å²) >= 11 is 0. The number of carbonyl (C=O) groups excluding carboxylic acids is 3. The van der Waals surface area contributed by atoms with Crippen LogP contribution in [0.1, 0.15) is 77.0 Å². The molecular formula is C38H47N7O5. The molecule has 0 unspecified atom stereocenters. The van der Waals surface area contributed by atoms with Crippen LogP contribution in [0.2, 0.25) is 0 Å². The highest BCUT2D eigenvalue weighted by Gasteiger charge is 2.46. The van der Waals surface area contributed by atoms with Gasteiger partial charge in [0.25, 0.3) is 0 Å². The highest BCUT2D eigenvalue weighted by Crippen LogP contribution is 2.39. The molecule has 3 amide bonds. The topological polar surface area (TPSA) is 146 Å². The molecule has 264 valence electrons. The van der Waals surface area contributed by atoms with Crippen molar-refractivity contribution in [3.8, 4) is 33.6 Å². The first-order valence-electron chi connectivity index (χ1n) is 17.5. The third-order valence-corrected chi connectivity index (χ3v) is 10.2. The number of nitrogens with one attached hydrogen (secondary N) is 3. The van der Waals surface area contributed by atoms with Crippen molar-refractivity contribution in [1.82, 2.24) is 35.1 Å². The molecule has 3 N–H and O–H groups in total. The number of H-pyrrole nitrogens is 2. The molecule has 4 atom stereocenters. The quantitative estimate of drug-likeness (QED) is 0.171. The summed E-state index contributed by atoms with van der Waals surface area (Å²) < 4.78 is 10.2. The zero-order chi connectivity index (χ0) is 35.4. The van der Waals surface area contributed by atoms with Crippen molar-refractivity contribution < 1.29 is 23.9 Å². The molecule has 2 aromatic heterocycles. The van der Waals surface area contributed by atoms with Crippen LogP contribution in [-0.2, 0) is 24.6 Å². The van der Waals surface area contributed by atoms with Gasteiger partial charge in [-0.2, -0.15) is 0 Å². The number of benzene rings is 2. The van der Waals surface area contributed by atoms with E-state index in [1.54, 1.807) is 18.0 Å². The van der Waals surface area contributed by atoms with E-state index in [1.807, 2.05) is 24.9 Å². The Hall–Kier alpha value is -4.97. The number of amides is 3. The molecule has 0 aliphatic carbocycles. The van der Waals surface area contributed by atoms with E-state index < -0.39 is 23.8 Å². The first-order valence-corrected chi connectivity index (χ1v) is 17.5. The summed E-state index contributed by atoms with van der Waals surface area (Å²) in [4.78, 5) is 58.5. The van der Waals surface area contributed by atoms with Gasteiger partial charge in [-0.15, -0.1) is 0 Å². The van der Waals surface area contributed by atoms with E-state index in [0.29, 0.717) is 18.8 Å². The lowest BCUT2D eigenvalue weighted by atomic mass is 9.96. The zero-order valence-corrected chi connectivity index (χ0v) is 29.5. The summed E-state index contributed by atoms with van der Waals surface area (Å²) in [5.41, 5.74) is 5.29. The van der Waals surface area contributed by atoms with Crippen molar-refractivity contribution in [3.63, 3.8) is 0 Å². The molecule has 0 saturated carbocycles. The maximum atomic E-state index is 13.8. The minimum atomic E-state index is -0.900. The molecule has 12 nitrogen and oxygen atoms in total. The minimum absolute atomic E-state index is 0.0152. The van der Waals surface area contributed by atoms with Gasteiger partial charge >= 0.3 is 6.09 Å². The summed E-state index contributed by atoms with van der Waals surface area (Å²) in [6.07, 6.45) is 7.30. The number of hydrogen-bond acceptors (Lipinski definition) is 7. The van der Waals surface area contributed by atoms with Crippen molar-refractivity contribution in [2.75, 3.05) is 27.3 Å². The number of imidazole rings is 2. The lowest BCUT2D eigenvalue weighted by Crippen LogP contribution is -2.57. The SMILES string of the molecule is CCCC(=O)N1CCC[C@H]1c1ncc(-c2ccc(-c3ccc(-c4cnc([C@]5(C)CCCN5C(=O)[C@@H](NC(=O)OC)[C@@H](C)OC)[nH]4)cc3)cc2)[nH]1. The van der Waals surface area contributed by atoms with E-state index >= 15 is 0 Å². The number of nitrogens with zero attached hydrogens (tertiary/aromatic N) is 4. The number of likely N-dealkylation sites (tertiary alicyclic amines) is 2. The Balaban J connectivity index is 1.14. The number of ether oxygens (including phenoxy) is 2. The summed E-state index contributed by atoms with van der Waals surface area (Å²) in [7, 11) is 2.77. The number of aromatic nitrogens is 4. The standard InChI is InChI=1S/C38H47N7O5/c1-6-9-32(46)44-20-7-10-31(44)34-39-22-29(41-34)27-15-11-25(12-16-27)26-13-17-28(18-14-26)30-23-40-36(42-30)38(3)19-8-21-45(38)35(47)33(24(2)49-4)43-37(48)50-5/h11-18,22-24,31,33H,6-10,19-21H2,1-5H3,(H,39,41)(H,40,42)(H,43,48)/t24-,31+,33+,38+/m1/s1. The van der Waals surface area contributed by atoms with Gasteiger partial charge in [-0.05, 0) is 68.2 Å². The molecule has 50 heavy (non-hydrogen) atoms. The number of carbonyl (C=O) groups is 3. The molecule has 0 radical (unpaired) electrons. The van der Waals surface area contributed by atoms with E-state index in [0.717, 1.165) is 78.1 Å². The first-order chi connectivity index (χ1) is 24.2. The van der Waals surface area contributed by atoms with Crippen LogP contribution in [0.25, 0.3) is 33.6 Å². The molecule has 6 rings (SSSR count). The second-order valence-corrected chi connectivity index (χ2v) is 13.4. The maximum absolute atomic E-state index is 13.8.